The van der Waals surface area contributed by atoms with E-state index < -0.39 is 10.0 Å². The van der Waals surface area contributed by atoms with E-state index in [1.165, 1.54) is 23.9 Å². The van der Waals surface area contributed by atoms with Gasteiger partial charge in [0, 0.05) is 15.7 Å². The first-order chi connectivity index (χ1) is 14.9. The van der Waals surface area contributed by atoms with Crippen molar-refractivity contribution in [3.8, 4) is 11.8 Å². The van der Waals surface area contributed by atoms with Crippen LogP contribution in [0.15, 0.2) is 93.5 Å². The molecule has 5 nitrogen and oxygen atoms in total. The summed E-state index contributed by atoms with van der Waals surface area (Å²) < 4.78 is 28.8. The van der Waals surface area contributed by atoms with Gasteiger partial charge in [0.05, 0.1) is 27.1 Å². The standard InChI is InChI=1S/C24H18N2O3S2/c1-16-11-12-19(13-17(16)15-25)31(28,29)26-22-14-23(30-18-7-3-2-4-8-18)24(27)21-10-6-5-9-20(21)22/h2-14,26-27H,1H3. The second-order valence-corrected chi connectivity index (χ2v) is 9.72. The fourth-order valence-corrected chi connectivity index (χ4v) is 5.23. The Kier molecular flexibility index (Phi) is 5.59. The highest BCUT2D eigenvalue weighted by molar-refractivity contribution is 7.99. The van der Waals surface area contributed by atoms with Crippen molar-refractivity contribution in [3.63, 3.8) is 0 Å². The Labute approximate surface area is 185 Å². The Morgan fingerprint density at radius 3 is 2.32 bits per heavy atom. The van der Waals surface area contributed by atoms with Gasteiger partial charge < -0.3 is 5.11 Å². The van der Waals surface area contributed by atoms with Crippen LogP contribution in [-0.2, 0) is 10.0 Å². The number of rotatable bonds is 5. The number of phenolic OH excluding ortho intramolecular Hbond substituents is 1. The van der Waals surface area contributed by atoms with E-state index in [1.807, 2.05) is 36.4 Å². The number of benzene rings is 4. The van der Waals surface area contributed by atoms with Gasteiger partial charge in [-0.25, -0.2) is 8.42 Å². The maximum atomic E-state index is 13.1. The number of sulfonamides is 1. The van der Waals surface area contributed by atoms with Gasteiger partial charge in [0.25, 0.3) is 10.0 Å². The second-order valence-electron chi connectivity index (χ2n) is 6.93. The summed E-state index contributed by atoms with van der Waals surface area (Å²) in [5, 5.41) is 21.2. The SMILES string of the molecule is Cc1ccc(S(=O)(=O)Nc2cc(Sc3ccccc3)c(O)c3ccccc23)cc1C#N. The molecule has 0 aliphatic carbocycles. The van der Waals surface area contributed by atoms with Crippen LogP contribution in [0.2, 0.25) is 0 Å². The average Bonchev–Trinajstić information content (AvgIpc) is 2.77. The first-order valence-corrected chi connectivity index (χ1v) is 11.7. The number of phenols is 1. The third kappa shape index (κ3) is 4.22. The summed E-state index contributed by atoms with van der Waals surface area (Å²) in [5.41, 5.74) is 1.36. The normalized spacial score (nSPS) is 11.2. The van der Waals surface area contributed by atoms with Crippen LogP contribution in [0.3, 0.4) is 0 Å². The number of nitrogens with zero attached hydrogens (tertiary/aromatic N) is 1. The lowest BCUT2D eigenvalue weighted by molar-refractivity contribution is 0.469. The number of aryl methyl sites for hydroxylation is 1. The van der Waals surface area contributed by atoms with Crippen molar-refractivity contribution < 1.29 is 13.5 Å². The molecule has 0 aliphatic heterocycles. The maximum absolute atomic E-state index is 13.1. The zero-order valence-electron chi connectivity index (χ0n) is 16.5. The third-order valence-electron chi connectivity index (χ3n) is 4.84. The molecule has 0 fully saturated rings. The predicted molar refractivity (Wildman–Crippen MR) is 123 cm³/mol. The van der Waals surface area contributed by atoms with Gasteiger partial charge in [0.15, 0.2) is 0 Å². The zero-order valence-corrected chi connectivity index (χ0v) is 18.2. The summed E-state index contributed by atoms with van der Waals surface area (Å²) in [4.78, 5) is 1.45. The van der Waals surface area contributed by atoms with Gasteiger partial charge in [0.1, 0.15) is 5.75 Å². The largest absolute Gasteiger partial charge is 0.506 e. The minimum Gasteiger partial charge on any atom is -0.506 e. The van der Waals surface area contributed by atoms with E-state index in [9.17, 15) is 18.8 Å². The molecule has 4 rings (SSSR count). The van der Waals surface area contributed by atoms with Gasteiger partial charge in [-0.2, -0.15) is 5.26 Å². The van der Waals surface area contributed by atoms with Crippen LogP contribution in [0, 0.1) is 18.3 Å². The van der Waals surface area contributed by atoms with E-state index >= 15 is 0 Å². The molecule has 0 amide bonds. The predicted octanol–water partition coefficient (Wildman–Crippen LogP) is 5.68. The monoisotopic (exact) mass is 446 g/mol. The minimum absolute atomic E-state index is 0.00377. The van der Waals surface area contributed by atoms with Crippen LogP contribution in [-0.4, -0.2) is 13.5 Å². The maximum Gasteiger partial charge on any atom is 0.261 e. The molecule has 4 aromatic rings. The number of hydrogen-bond donors (Lipinski definition) is 2. The van der Waals surface area contributed by atoms with Crippen molar-refractivity contribution in [1.82, 2.24) is 0 Å². The van der Waals surface area contributed by atoms with Crippen molar-refractivity contribution in [2.45, 2.75) is 21.6 Å². The molecule has 0 radical (unpaired) electrons. The van der Waals surface area contributed by atoms with E-state index in [-0.39, 0.29) is 10.6 Å². The van der Waals surface area contributed by atoms with E-state index in [0.29, 0.717) is 32.5 Å². The molecule has 0 saturated heterocycles. The van der Waals surface area contributed by atoms with Gasteiger partial charge in [-0.1, -0.05) is 60.3 Å². The van der Waals surface area contributed by atoms with Crippen LogP contribution in [0.1, 0.15) is 11.1 Å². The zero-order chi connectivity index (χ0) is 22.0. The fourth-order valence-electron chi connectivity index (χ4n) is 3.20. The second kappa shape index (κ2) is 8.34. The summed E-state index contributed by atoms with van der Waals surface area (Å²) >= 11 is 1.35. The lowest BCUT2D eigenvalue weighted by atomic mass is 10.1. The minimum atomic E-state index is -3.95. The molecule has 0 bridgehead atoms. The Morgan fingerprint density at radius 2 is 1.61 bits per heavy atom. The van der Waals surface area contributed by atoms with Crippen LogP contribution in [0.5, 0.6) is 5.75 Å². The lowest BCUT2D eigenvalue weighted by Crippen LogP contribution is -2.13. The summed E-state index contributed by atoms with van der Waals surface area (Å²) in [5.74, 6) is 0.0921. The molecule has 0 unspecified atom stereocenters. The number of aromatic hydroxyl groups is 1. The molecular formula is C24H18N2O3S2. The highest BCUT2D eigenvalue weighted by Crippen LogP contribution is 2.42. The van der Waals surface area contributed by atoms with Crippen molar-refractivity contribution in [2.75, 3.05) is 4.72 Å². The topological polar surface area (TPSA) is 90.2 Å². The number of anilines is 1. The summed E-state index contributed by atoms with van der Waals surface area (Å²) in [7, 11) is -3.95. The molecule has 7 heteroatoms. The van der Waals surface area contributed by atoms with Crippen molar-refractivity contribution >= 4 is 38.2 Å². The molecule has 0 saturated carbocycles. The van der Waals surface area contributed by atoms with Gasteiger partial charge in [-0.15, -0.1) is 0 Å². The molecule has 154 valence electrons. The number of hydrogen-bond acceptors (Lipinski definition) is 5. The Bertz CT molecular complexity index is 1430. The summed E-state index contributed by atoms with van der Waals surface area (Å²) in [6.45, 7) is 1.75. The highest BCUT2D eigenvalue weighted by Gasteiger charge is 2.19. The van der Waals surface area contributed by atoms with Crippen molar-refractivity contribution in [1.29, 1.82) is 5.26 Å². The molecular weight excluding hydrogens is 428 g/mol. The average molecular weight is 447 g/mol. The molecule has 0 aromatic heterocycles. The Morgan fingerprint density at radius 1 is 0.935 bits per heavy atom. The smallest absolute Gasteiger partial charge is 0.261 e. The van der Waals surface area contributed by atoms with Gasteiger partial charge in [-0.05, 0) is 42.8 Å². The van der Waals surface area contributed by atoms with Crippen LogP contribution < -0.4 is 4.72 Å². The van der Waals surface area contributed by atoms with Crippen LogP contribution in [0.25, 0.3) is 10.8 Å². The first kappa shape index (κ1) is 20.8. The number of nitriles is 1. The van der Waals surface area contributed by atoms with Gasteiger partial charge in [0.2, 0.25) is 0 Å². The van der Waals surface area contributed by atoms with Crippen LogP contribution >= 0.6 is 11.8 Å². The summed E-state index contributed by atoms with van der Waals surface area (Å²) in [6.07, 6.45) is 0. The van der Waals surface area contributed by atoms with Crippen molar-refractivity contribution in [3.05, 3.63) is 90.0 Å². The van der Waals surface area contributed by atoms with Crippen molar-refractivity contribution in [2.24, 2.45) is 0 Å². The molecule has 4 aromatic carbocycles. The van der Waals surface area contributed by atoms with Gasteiger partial charge >= 0.3 is 0 Å². The first-order valence-electron chi connectivity index (χ1n) is 9.40. The highest BCUT2D eigenvalue weighted by atomic mass is 32.2. The molecule has 31 heavy (non-hydrogen) atoms. The van der Waals surface area contributed by atoms with E-state index in [0.717, 1.165) is 4.90 Å². The van der Waals surface area contributed by atoms with E-state index in [4.69, 9.17) is 0 Å². The molecule has 0 spiro atoms. The molecule has 0 heterocycles. The third-order valence-corrected chi connectivity index (χ3v) is 7.24. The fraction of sp³-hybridized carbons (Fsp3) is 0.0417. The summed E-state index contributed by atoms with van der Waals surface area (Å²) in [6, 6.07) is 24.7. The van der Waals surface area contributed by atoms with Gasteiger partial charge in [-0.3, -0.25) is 4.72 Å². The van der Waals surface area contributed by atoms with E-state index in [2.05, 4.69) is 4.72 Å². The quantitative estimate of drug-likeness (QED) is 0.385. The number of nitrogens with one attached hydrogen (secondary N) is 1. The molecule has 2 N–H and O–H groups in total. The van der Waals surface area contributed by atoms with E-state index in [1.54, 1.807) is 43.3 Å². The molecule has 0 aliphatic rings. The Hall–Kier alpha value is -3.47. The Balaban J connectivity index is 1.81. The molecule has 0 atom stereocenters. The lowest BCUT2D eigenvalue weighted by Gasteiger charge is -2.15. The number of fused-ring (bicyclic) bond motifs is 1. The van der Waals surface area contributed by atoms with Crippen LogP contribution in [0.4, 0.5) is 5.69 Å².